The van der Waals surface area contributed by atoms with Crippen molar-refractivity contribution in [2.45, 2.75) is 33.0 Å². The van der Waals surface area contributed by atoms with E-state index >= 15 is 0 Å². The first-order valence-corrected chi connectivity index (χ1v) is 8.09. The minimum absolute atomic E-state index is 0.0812. The van der Waals surface area contributed by atoms with E-state index in [1.165, 1.54) is 10.2 Å². The molecule has 0 unspecified atom stereocenters. The molecule has 130 valence electrons. The van der Waals surface area contributed by atoms with Crippen molar-refractivity contribution in [3.63, 3.8) is 0 Å². The van der Waals surface area contributed by atoms with Crippen molar-refractivity contribution in [1.82, 2.24) is 29.9 Å². The van der Waals surface area contributed by atoms with Gasteiger partial charge in [-0.05, 0) is 18.9 Å². The summed E-state index contributed by atoms with van der Waals surface area (Å²) < 4.78 is 3.42. The molecule has 1 amide bonds. The number of carbonyl (C=O) groups excluding carboxylic acids is 1. The molecular formula is C17H21N7O. The van der Waals surface area contributed by atoms with E-state index in [-0.39, 0.29) is 12.5 Å². The van der Waals surface area contributed by atoms with Crippen molar-refractivity contribution in [3.05, 3.63) is 59.8 Å². The maximum absolute atomic E-state index is 12.1. The Balaban J connectivity index is 1.52. The fraction of sp³-hybridized carbons (Fsp3) is 0.294. The fourth-order valence-corrected chi connectivity index (χ4v) is 2.56. The van der Waals surface area contributed by atoms with Crippen LogP contribution in [0.2, 0.25) is 0 Å². The molecule has 8 nitrogen and oxygen atoms in total. The summed E-state index contributed by atoms with van der Waals surface area (Å²) in [6, 6.07) is 11.9. The molecule has 0 fully saturated rings. The van der Waals surface area contributed by atoms with Crippen LogP contribution in [-0.2, 0) is 30.8 Å². The molecule has 0 spiro atoms. The van der Waals surface area contributed by atoms with Crippen LogP contribution in [0, 0.1) is 6.92 Å². The molecule has 8 heteroatoms. The number of benzene rings is 1. The van der Waals surface area contributed by atoms with Crippen LogP contribution in [0.25, 0.3) is 0 Å². The SMILES string of the molecule is Cc1cc(N)n(CC(=O)NCc2nncn2CCc2ccccc2)n1. The van der Waals surface area contributed by atoms with Gasteiger partial charge in [0.1, 0.15) is 18.7 Å². The van der Waals surface area contributed by atoms with E-state index in [2.05, 4.69) is 32.7 Å². The van der Waals surface area contributed by atoms with Gasteiger partial charge in [-0.25, -0.2) is 4.68 Å². The van der Waals surface area contributed by atoms with Gasteiger partial charge in [0.2, 0.25) is 5.91 Å². The molecular weight excluding hydrogens is 318 g/mol. The lowest BCUT2D eigenvalue weighted by Crippen LogP contribution is -2.29. The number of rotatable bonds is 7. The molecule has 2 aromatic heterocycles. The first-order valence-electron chi connectivity index (χ1n) is 8.09. The minimum Gasteiger partial charge on any atom is -0.384 e. The Labute approximate surface area is 145 Å². The summed E-state index contributed by atoms with van der Waals surface area (Å²) in [5, 5.41) is 15.0. The maximum Gasteiger partial charge on any atom is 0.242 e. The van der Waals surface area contributed by atoms with Crippen molar-refractivity contribution < 1.29 is 4.79 Å². The highest BCUT2D eigenvalue weighted by molar-refractivity contribution is 5.75. The van der Waals surface area contributed by atoms with E-state index in [1.807, 2.05) is 29.7 Å². The van der Waals surface area contributed by atoms with Crippen molar-refractivity contribution in [2.75, 3.05) is 5.73 Å². The lowest BCUT2D eigenvalue weighted by Gasteiger charge is -2.09. The fourth-order valence-electron chi connectivity index (χ4n) is 2.56. The van der Waals surface area contributed by atoms with Crippen LogP contribution in [0.15, 0.2) is 42.7 Å². The Bertz CT molecular complexity index is 838. The smallest absolute Gasteiger partial charge is 0.242 e. The zero-order valence-corrected chi connectivity index (χ0v) is 14.1. The van der Waals surface area contributed by atoms with Crippen LogP contribution in [0.4, 0.5) is 5.82 Å². The Hall–Kier alpha value is -3.16. The molecule has 25 heavy (non-hydrogen) atoms. The van der Waals surface area contributed by atoms with Crippen molar-refractivity contribution in [3.8, 4) is 0 Å². The normalized spacial score (nSPS) is 10.8. The van der Waals surface area contributed by atoms with Gasteiger partial charge >= 0.3 is 0 Å². The zero-order valence-electron chi connectivity index (χ0n) is 14.1. The average molecular weight is 339 g/mol. The molecule has 2 heterocycles. The molecule has 0 atom stereocenters. The van der Waals surface area contributed by atoms with Crippen LogP contribution in [-0.4, -0.2) is 30.5 Å². The lowest BCUT2D eigenvalue weighted by molar-refractivity contribution is -0.122. The Morgan fingerprint density at radius 2 is 2.08 bits per heavy atom. The Morgan fingerprint density at radius 3 is 2.80 bits per heavy atom. The number of aryl methyl sites for hydroxylation is 3. The van der Waals surface area contributed by atoms with Crippen LogP contribution in [0.5, 0.6) is 0 Å². The molecule has 3 rings (SSSR count). The average Bonchev–Trinajstić information content (AvgIpc) is 3.18. The molecule has 0 aliphatic heterocycles. The monoisotopic (exact) mass is 339 g/mol. The van der Waals surface area contributed by atoms with Crippen LogP contribution in [0.1, 0.15) is 17.1 Å². The molecule has 0 bridgehead atoms. The molecule has 0 aliphatic rings. The quantitative estimate of drug-likeness (QED) is 0.666. The summed E-state index contributed by atoms with van der Waals surface area (Å²) in [6.45, 7) is 2.99. The predicted molar refractivity (Wildman–Crippen MR) is 93.4 cm³/mol. The molecule has 3 aromatic rings. The highest BCUT2D eigenvalue weighted by Gasteiger charge is 2.10. The van der Waals surface area contributed by atoms with E-state index in [4.69, 9.17) is 5.73 Å². The second kappa shape index (κ2) is 7.61. The highest BCUT2D eigenvalue weighted by atomic mass is 16.2. The van der Waals surface area contributed by atoms with Gasteiger partial charge in [0.15, 0.2) is 5.82 Å². The number of carbonyl (C=O) groups is 1. The Morgan fingerprint density at radius 1 is 1.28 bits per heavy atom. The first kappa shape index (κ1) is 16.7. The second-order valence-corrected chi connectivity index (χ2v) is 5.82. The summed E-state index contributed by atoms with van der Waals surface area (Å²) >= 11 is 0. The number of aromatic nitrogens is 5. The van der Waals surface area contributed by atoms with E-state index in [9.17, 15) is 4.79 Å². The lowest BCUT2D eigenvalue weighted by atomic mass is 10.1. The molecule has 0 aliphatic carbocycles. The van der Waals surface area contributed by atoms with Gasteiger partial charge < -0.3 is 15.6 Å². The van der Waals surface area contributed by atoms with E-state index in [0.29, 0.717) is 18.2 Å². The first-order chi connectivity index (χ1) is 12.1. The standard InChI is InChI=1S/C17H21N7O/c1-13-9-15(18)24(22-13)11-17(25)19-10-16-21-20-12-23(16)8-7-14-5-3-2-4-6-14/h2-6,9,12H,7-8,10-11,18H2,1H3,(H,19,25). The number of hydrogen-bond donors (Lipinski definition) is 2. The molecule has 1 aromatic carbocycles. The van der Waals surface area contributed by atoms with E-state index in [0.717, 1.165) is 18.7 Å². The summed E-state index contributed by atoms with van der Waals surface area (Å²) in [6.07, 6.45) is 2.56. The maximum atomic E-state index is 12.1. The summed E-state index contributed by atoms with van der Waals surface area (Å²) in [4.78, 5) is 12.1. The van der Waals surface area contributed by atoms with Crippen molar-refractivity contribution >= 4 is 11.7 Å². The van der Waals surface area contributed by atoms with Gasteiger partial charge in [-0.2, -0.15) is 5.10 Å². The molecule has 0 radical (unpaired) electrons. The summed E-state index contributed by atoms with van der Waals surface area (Å²) in [5.74, 6) is 1.01. The van der Waals surface area contributed by atoms with Crippen LogP contribution < -0.4 is 11.1 Å². The van der Waals surface area contributed by atoms with Crippen molar-refractivity contribution in [2.24, 2.45) is 0 Å². The van der Waals surface area contributed by atoms with E-state index in [1.54, 1.807) is 12.4 Å². The Kier molecular flexibility index (Phi) is 5.08. The minimum atomic E-state index is -0.174. The van der Waals surface area contributed by atoms with Crippen molar-refractivity contribution in [1.29, 1.82) is 0 Å². The number of nitrogen functional groups attached to an aromatic ring is 1. The van der Waals surface area contributed by atoms with Gasteiger partial charge in [0.25, 0.3) is 0 Å². The van der Waals surface area contributed by atoms with Crippen LogP contribution >= 0.6 is 0 Å². The molecule has 0 saturated carbocycles. The van der Waals surface area contributed by atoms with Crippen LogP contribution in [0.3, 0.4) is 0 Å². The van der Waals surface area contributed by atoms with Gasteiger partial charge in [-0.3, -0.25) is 4.79 Å². The highest BCUT2D eigenvalue weighted by Crippen LogP contribution is 2.05. The predicted octanol–water partition coefficient (Wildman–Crippen LogP) is 0.924. The van der Waals surface area contributed by atoms with Gasteiger partial charge in [0.05, 0.1) is 12.2 Å². The number of anilines is 1. The summed E-state index contributed by atoms with van der Waals surface area (Å²) in [7, 11) is 0. The number of amides is 1. The zero-order chi connectivity index (χ0) is 17.6. The topological polar surface area (TPSA) is 104 Å². The second-order valence-electron chi connectivity index (χ2n) is 5.82. The molecule has 0 saturated heterocycles. The van der Waals surface area contributed by atoms with Gasteiger partial charge in [-0.15, -0.1) is 10.2 Å². The van der Waals surface area contributed by atoms with Gasteiger partial charge in [-0.1, -0.05) is 30.3 Å². The third-order valence-electron chi connectivity index (χ3n) is 3.85. The number of nitrogens with one attached hydrogen (secondary N) is 1. The van der Waals surface area contributed by atoms with Gasteiger partial charge in [0, 0.05) is 12.6 Å². The number of hydrogen-bond acceptors (Lipinski definition) is 5. The summed E-state index contributed by atoms with van der Waals surface area (Å²) in [5.41, 5.74) is 7.82. The third-order valence-corrected chi connectivity index (χ3v) is 3.85. The molecule has 3 N–H and O–H groups in total. The third kappa shape index (κ3) is 4.43. The largest absolute Gasteiger partial charge is 0.384 e. The number of nitrogens with two attached hydrogens (primary N) is 1. The number of nitrogens with zero attached hydrogens (tertiary/aromatic N) is 5. The van der Waals surface area contributed by atoms with E-state index < -0.39 is 0 Å².